The predicted molar refractivity (Wildman–Crippen MR) is 123 cm³/mol. The van der Waals surface area contributed by atoms with Gasteiger partial charge in [0.05, 0.1) is 0 Å². The van der Waals surface area contributed by atoms with Crippen molar-refractivity contribution < 1.29 is 43.6 Å². The zero-order chi connectivity index (χ0) is 26.0. The summed E-state index contributed by atoms with van der Waals surface area (Å²) in [6, 6.07) is 9.68. The number of esters is 1. The molecule has 2 aliphatic heterocycles. The number of benzene rings is 1. The zero-order valence-corrected chi connectivity index (χ0v) is 20.1. The number of ether oxygens (including phenoxy) is 3. The highest BCUT2D eigenvalue weighted by Crippen LogP contribution is 2.53. The third-order valence-electron chi connectivity index (χ3n) is 6.90. The molecule has 2 fully saturated rings. The molecule has 3 rings (SSSR count). The molecule has 4 unspecified atom stereocenters. The maximum Gasteiger partial charge on any atom is 0.303 e. The number of hydrogen-bond donors (Lipinski definition) is 2. The maximum absolute atomic E-state index is 12.3. The summed E-state index contributed by atoms with van der Waals surface area (Å²) in [6.45, 7) is 8.43. The van der Waals surface area contributed by atoms with Gasteiger partial charge in [-0.05, 0) is 30.9 Å². The monoisotopic (exact) mass is 488 g/mol. The number of carbonyl (C=O) groups excluding carboxylic acids is 4. The number of carbonyl (C=O) groups is 4. The first kappa shape index (κ1) is 26.9. The van der Waals surface area contributed by atoms with Gasteiger partial charge < -0.3 is 24.4 Å². The summed E-state index contributed by atoms with van der Waals surface area (Å²) >= 11 is 0. The minimum Gasteiger partial charge on any atom is -0.458 e. The van der Waals surface area contributed by atoms with Gasteiger partial charge in [0.1, 0.15) is 12.2 Å². The van der Waals surface area contributed by atoms with Crippen molar-refractivity contribution in [2.75, 3.05) is 0 Å². The van der Waals surface area contributed by atoms with E-state index in [0.717, 1.165) is 12.5 Å². The van der Waals surface area contributed by atoms with Crippen molar-refractivity contribution in [1.82, 2.24) is 0 Å². The van der Waals surface area contributed by atoms with Crippen LogP contribution >= 0.6 is 0 Å². The zero-order valence-electron chi connectivity index (χ0n) is 20.1. The molecule has 2 bridgehead atoms. The number of aliphatic hydroxyl groups excluding tert-OH is 1. The standard InChI is InChI=1S/C26H32O9/c1-16(22(33-19(4)30)17(2)12-20-8-6-5-7-9-20)10-11-26-21(31)13-24(14-27,35-26)25(32,15-28)23(34-26)18(3)29/h5-9,14-15,17,21-23,31-32H,1,10-13H2,2-4H3/t17-,21-,22-,23?,24?,25?,26?/m1/s1. The molecule has 9 heteroatoms. The Balaban J connectivity index is 1.82. The number of hydrogen-bond acceptors (Lipinski definition) is 9. The van der Waals surface area contributed by atoms with E-state index in [4.69, 9.17) is 14.2 Å². The molecule has 0 amide bonds. The van der Waals surface area contributed by atoms with Crippen LogP contribution in [0.2, 0.25) is 0 Å². The molecule has 2 heterocycles. The molecule has 7 atom stereocenters. The fraction of sp³-hybridized carbons (Fsp3) is 0.538. The van der Waals surface area contributed by atoms with Crippen LogP contribution in [0.1, 0.15) is 45.6 Å². The van der Waals surface area contributed by atoms with Gasteiger partial charge in [0, 0.05) is 25.7 Å². The van der Waals surface area contributed by atoms with Crippen molar-refractivity contribution in [2.45, 2.75) is 81.8 Å². The van der Waals surface area contributed by atoms with Crippen molar-refractivity contribution in [2.24, 2.45) is 5.92 Å². The summed E-state index contributed by atoms with van der Waals surface area (Å²) < 4.78 is 17.1. The number of fused-ring (bicyclic) bond motifs is 2. The van der Waals surface area contributed by atoms with Crippen molar-refractivity contribution >= 4 is 24.3 Å². The molecule has 190 valence electrons. The molecule has 0 radical (unpaired) electrons. The van der Waals surface area contributed by atoms with Gasteiger partial charge in [-0.15, -0.1) is 0 Å². The maximum atomic E-state index is 12.3. The third kappa shape index (κ3) is 4.86. The molecule has 9 nitrogen and oxygen atoms in total. The van der Waals surface area contributed by atoms with Gasteiger partial charge in [0.2, 0.25) is 0 Å². The van der Waals surface area contributed by atoms with E-state index in [1.807, 2.05) is 37.3 Å². The van der Waals surface area contributed by atoms with E-state index in [0.29, 0.717) is 12.0 Å². The fourth-order valence-corrected chi connectivity index (χ4v) is 5.07. The van der Waals surface area contributed by atoms with Crippen molar-refractivity contribution in [3.05, 3.63) is 48.0 Å². The van der Waals surface area contributed by atoms with Crippen molar-refractivity contribution in [1.29, 1.82) is 0 Å². The van der Waals surface area contributed by atoms with E-state index >= 15 is 0 Å². The summed E-state index contributed by atoms with van der Waals surface area (Å²) in [4.78, 5) is 47.9. The van der Waals surface area contributed by atoms with Gasteiger partial charge in [0.25, 0.3) is 0 Å². The molecular formula is C26H32O9. The lowest BCUT2D eigenvalue weighted by Crippen LogP contribution is -2.71. The third-order valence-corrected chi connectivity index (χ3v) is 6.90. The highest BCUT2D eigenvalue weighted by molar-refractivity contribution is 5.91. The van der Waals surface area contributed by atoms with Crippen LogP contribution in [0.4, 0.5) is 0 Å². The first-order valence-corrected chi connectivity index (χ1v) is 11.5. The predicted octanol–water partition coefficient (Wildman–Crippen LogP) is 1.47. The largest absolute Gasteiger partial charge is 0.458 e. The molecule has 0 aromatic heterocycles. The van der Waals surface area contributed by atoms with Crippen LogP contribution < -0.4 is 0 Å². The van der Waals surface area contributed by atoms with Crippen LogP contribution in [-0.2, 0) is 39.8 Å². The summed E-state index contributed by atoms with van der Waals surface area (Å²) in [5.74, 6) is -3.14. The Labute approximate surface area is 204 Å². The van der Waals surface area contributed by atoms with E-state index in [-0.39, 0.29) is 31.3 Å². The molecule has 1 aromatic carbocycles. The van der Waals surface area contributed by atoms with Crippen LogP contribution in [0.5, 0.6) is 0 Å². The number of aldehydes is 2. The highest BCUT2D eigenvalue weighted by atomic mass is 16.8. The fourth-order valence-electron chi connectivity index (χ4n) is 5.07. The first-order chi connectivity index (χ1) is 16.4. The van der Waals surface area contributed by atoms with Gasteiger partial charge in [0.15, 0.2) is 41.4 Å². The molecule has 0 aliphatic carbocycles. The second kappa shape index (κ2) is 10.1. The van der Waals surface area contributed by atoms with E-state index < -0.39 is 53.5 Å². The number of Topliss-reactive ketones (excluding diaryl/α,β-unsaturated/α-hetero) is 1. The van der Waals surface area contributed by atoms with Crippen LogP contribution in [0, 0.1) is 5.92 Å². The minimum atomic E-state index is -2.58. The Kier molecular flexibility index (Phi) is 7.76. The molecule has 1 aromatic rings. The van der Waals surface area contributed by atoms with Crippen molar-refractivity contribution in [3.63, 3.8) is 0 Å². The Morgan fingerprint density at radius 2 is 1.89 bits per heavy atom. The molecule has 0 spiro atoms. The molecule has 0 saturated carbocycles. The summed E-state index contributed by atoms with van der Waals surface area (Å²) in [5.41, 5.74) is -3.14. The van der Waals surface area contributed by atoms with E-state index in [1.165, 1.54) is 6.92 Å². The first-order valence-electron chi connectivity index (χ1n) is 11.5. The molecule has 2 N–H and O–H groups in total. The molecule has 2 aliphatic rings. The number of ketones is 1. The lowest BCUT2D eigenvalue weighted by molar-refractivity contribution is -0.359. The van der Waals surface area contributed by atoms with E-state index in [1.54, 1.807) is 0 Å². The smallest absolute Gasteiger partial charge is 0.303 e. The molecule has 35 heavy (non-hydrogen) atoms. The number of rotatable bonds is 11. The summed E-state index contributed by atoms with van der Waals surface area (Å²) in [5, 5.41) is 21.7. The van der Waals surface area contributed by atoms with Gasteiger partial charge >= 0.3 is 5.97 Å². The average molecular weight is 489 g/mol. The second-order valence-corrected chi connectivity index (χ2v) is 9.55. The van der Waals surface area contributed by atoms with Crippen molar-refractivity contribution in [3.8, 4) is 0 Å². The lowest BCUT2D eigenvalue weighted by atomic mass is 9.77. The van der Waals surface area contributed by atoms with E-state index in [9.17, 15) is 29.4 Å². The quantitative estimate of drug-likeness (QED) is 0.269. The van der Waals surface area contributed by atoms with Crippen LogP contribution in [0.3, 0.4) is 0 Å². The highest BCUT2D eigenvalue weighted by Gasteiger charge is 2.73. The molecular weight excluding hydrogens is 456 g/mol. The average Bonchev–Trinajstić information content (AvgIpc) is 3.08. The lowest BCUT2D eigenvalue weighted by Gasteiger charge is -2.49. The minimum absolute atomic E-state index is 0.0519. The molecule has 2 saturated heterocycles. The Bertz CT molecular complexity index is 992. The summed E-state index contributed by atoms with van der Waals surface area (Å²) in [6.07, 6.45) is -3.21. The second-order valence-electron chi connectivity index (χ2n) is 9.55. The van der Waals surface area contributed by atoms with Crippen LogP contribution in [0.15, 0.2) is 42.5 Å². The SMILES string of the molecule is C=C(CCC12OC(C(C)=O)C(O)(C=O)C(C=O)(C[C@H]1O)O2)[C@@H](OC(C)=O)[C@H](C)Cc1ccccc1. The normalized spacial score (nSPS) is 33.4. The van der Waals surface area contributed by atoms with Crippen LogP contribution in [-0.4, -0.2) is 69.8 Å². The summed E-state index contributed by atoms with van der Waals surface area (Å²) in [7, 11) is 0. The van der Waals surface area contributed by atoms with E-state index in [2.05, 4.69) is 6.58 Å². The van der Waals surface area contributed by atoms with Gasteiger partial charge in [-0.3, -0.25) is 19.2 Å². The topological polar surface area (TPSA) is 136 Å². The Morgan fingerprint density at radius 3 is 2.43 bits per heavy atom. The number of aliphatic hydroxyl groups is 2. The van der Waals surface area contributed by atoms with Gasteiger partial charge in [-0.2, -0.15) is 0 Å². The Hall–Kier alpha value is -2.72. The van der Waals surface area contributed by atoms with Crippen LogP contribution in [0.25, 0.3) is 0 Å². The Morgan fingerprint density at radius 1 is 1.23 bits per heavy atom. The van der Waals surface area contributed by atoms with Gasteiger partial charge in [-0.25, -0.2) is 0 Å². The van der Waals surface area contributed by atoms with Gasteiger partial charge in [-0.1, -0.05) is 43.8 Å².